The second kappa shape index (κ2) is 7.90. The maximum atomic E-state index is 12.9. The average Bonchev–Trinajstić information content (AvgIpc) is 3.21. The molecule has 10 heteroatoms. The summed E-state index contributed by atoms with van der Waals surface area (Å²) in [7, 11) is -0.375. The van der Waals surface area contributed by atoms with Gasteiger partial charge in [-0.1, -0.05) is 0 Å². The van der Waals surface area contributed by atoms with Gasteiger partial charge in [-0.15, -0.1) is 0 Å². The van der Waals surface area contributed by atoms with Crippen LogP contribution in [0.4, 0.5) is 0 Å². The molecule has 9 nitrogen and oxygen atoms in total. The zero-order valence-corrected chi connectivity index (χ0v) is 16.9. The molecule has 4 rings (SSSR count). The molecular weight excluding hydrogens is 394 g/mol. The quantitative estimate of drug-likeness (QED) is 0.625. The first-order valence-corrected chi connectivity index (χ1v) is 10.5. The highest BCUT2D eigenvalue weighted by atomic mass is 32.2. The number of imidazole rings is 1. The number of morpholine rings is 1. The topological polar surface area (TPSA) is 99.4 Å². The summed E-state index contributed by atoms with van der Waals surface area (Å²) >= 11 is 0. The van der Waals surface area contributed by atoms with Crippen LogP contribution in [0.15, 0.2) is 54.2 Å². The monoisotopic (exact) mass is 415 g/mol. The molecule has 0 saturated carbocycles. The van der Waals surface area contributed by atoms with E-state index in [9.17, 15) is 8.42 Å². The lowest BCUT2D eigenvalue weighted by molar-refractivity contribution is -0.00483. The van der Waals surface area contributed by atoms with Crippen molar-refractivity contribution in [2.75, 3.05) is 26.8 Å². The standard InChI is InChI=1S/C19H21N5O4S/c1-23-12-17(22-13-23)29(25,26)24-9-10-28-16(11-24)19-18(20-7-8-21-19)14-3-5-15(27-2)6-4-14/h3-8,12-13,16H,9-11H2,1-2H3/t16-/m1/s1. The van der Waals surface area contributed by atoms with E-state index in [1.165, 1.54) is 16.8 Å². The van der Waals surface area contributed by atoms with Gasteiger partial charge in [-0.05, 0) is 24.3 Å². The van der Waals surface area contributed by atoms with Crippen LogP contribution in [-0.2, 0) is 21.8 Å². The van der Waals surface area contributed by atoms with E-state index in [2.05, 4.69) is 15.0 Å². The fourth-order valence-electron chi connectivity index (χ4n) is 3.22. The van der Waals surface area contributed by atoms with Crippen LogP contribution in [0.5, 0.6) is 5.75 Å². The fraction of sp³-hybridized carbons (Fsp3) is 0.316. The lowest BCUT2D eigenvalue weighted by Crippen LogP contribution is -2.42. The van der Waals surface area contributed by atoms with Crippen molar-refractivity contribution < 1.29 is 17.9 Å². The molecule has 29 heavy (non-hydrogen) atoms. The number of rotatable bonds is 5. The van der Waals surface area contributed by atoms with Gasteiger partial charge in [0.2, 0.25) is 0 Å². The van der Waals surface area contributed by atoms with Gasteiger partial charge in [-0.2, -0.15) is 4.31 Å². The number of benzene rings is 1. The van der Waals surface area contributed by atoms with E-state index >= 15 is 0 Å². The van der Waals surface area contributed by atoms with Crippen LogP contribution in [-0.4, -0.2) is 59.0 Å². The molecule has 0 unspecified atom stereocenters. The molecule has 0 aliphatic carbocycles. The first-order valence-electron chi connectivity index (χ1n) is 9.04. The zero-order valence-electron chi connectivity index (χ0n) is 16.1. The smallest absolute Gasteiger partial charge is 0.262 e. The first kappa shape index (κ1) is 19.5. The Morgan fingerprint density at radius 3 is 2.59 bits per heavy atom. The van der Waals surface area contributed by atoms with Crippen molar-refractivity contribution in [3.63, 3.8) is 0 Å². The van der Waals surface area contributed by atoms with E-state index in [-0.39, 0.29) is 24.7 Å². The number of aryl methyl sites for hydroxylation is 1. The Balaban J connectivity index is 1.64. The lowest BCUT2D eigenvalue weighted by atomic mass is 10.1. The van der Waals surface area contributed by atoms with Crippen LogP contribution < -0.4 is 4.74 Å². The maximum absolute atomic E-state index is 12.9. The first-order chi connectivity index (χ1) is 14.0. The molecule has 0 radical (unpaired) electrons. The summed E-state index contributed by atoms with van der Waals surface area (Å²) in [6.45, 7) is 0.656. The molecule has 1 aliphatic heterocycles. The summed E-state index contributed by atoms with van der Waals surface area (Å²) in [6.07, 6.45) is 5.61. The number of methoxy groups -OCH3 is 1. The highest BCUT2D eigenvalue weighted by Gasteiger charge is 2.34. The second-order valence-corrected chi connectivity index (χ2v) is 8.50. The van der Waals surface area contributed by atoms with Crippen LogP contribution in [0.1, 0.15) is 11.8 Å². The molecule has 0 N–H and O–H groups in total. The van der Waals surface area contributed by atoms with Gasteiger partial charge in [0.1, 0.15) is 11.9 Å². The third kappa shape index (κ3) is 3.86. The molecule has 0 spiro atoms. The minimum absolute atomic E-state index is 0.0233. The van der Waals surface area contributed by atoms with Crippen molar-refractivity contribution in [3.8, 4) is 17.0 Å². The average molecular weight is 415 g/mol. The van der Waals surface area contributed by atoms with Crippen molar-refractivity contribution in [1.82, 2.24) is 23.8 Å². The molecule has 152 valence electrons. The molecule has 1 aromatic carbocycles. The number of nitrogens with zero attached hydrogens (tertiary/aromatic N) is 5. The Morgan fingerprint density at radius 2 is 1.90 bits per heavy atom. The van der Waals surface area contributed by atoms with Gasteiger partial charge >= 0.3 is 0 Å². The number of sulfonamides is 1. The number of aromatic nitrogens is 4. The largest absolute Gasteiger partial charge is 0.497 e. The van der Waals surface area contributed by atoms with Gasteiger partial charge in [-0.25, -0.2) is 13.4 Å². The summed E-state index contributed by atoms with van der Waals surface area (Å²) in [5, 5.41) is 0.0233. The molecule has 1 atom stereocenters. The Kier molecular flexibility index (Phi) is 5.31. The van der Waals surface area contributed by atoms with Crippen molar-refractivity contribution in [1.29, 1.82) is 0 Å². The van der Waals surface area contributed by atoms with Crippen molar-refractivity contribution in [2.45, 2.75) is 11.1 Å². The molecule has 0 amide bonds. The molecule has 3 heterocycles. The Hall–Kier alpha value is -2.82. The highest BCUT2D eigenvalue weighted by Crippen LogP contribution is 2.31. The summed E-state index contributed by atoms with van der Waals surface area (Å²) in [5.74, 6) is 0.737. The maximum Gasteiger partial charge on any atom is 0.262 e. The van der Waals surface area contributed by atoms with Gasteiger partial charge in [0.25, 0.3) is 10.0 Å². The third-order valence-corrected chi connectivity index (χ3v) is 6.46. The normalized spacial score (nSPS) is 17.9. The van der Waals surface area contributed by atoms with Crippen molar-refractivity contribution in [3.05, 3.63) is 54.9 Å². The Bertz CT molecular complexity index is 1100. The fourth-order valence-corrected chi connectivity index (χ4v) is 4.61. The van der Waals surface area contributed by atoms with Crippen LogP contribution in [0.2, 0.25) is 0 Å². The van der Waals surface area contributed by atoms with Crippen LogP contribution in [0.3, 0.4) is 0 Å². The molecule has 0 bridgehead atoms. The van der Waals surface area contributed by atoms with E-state index in [1.54, 1.807) is 31.1 Å². The van der Waals surface area contributed by atoms with Crippen LogP contribution >= 0.6 is 0 Å². The lowest BCUT2D eigenvalue weighted by Gasteiger charge is -2.31. The summed E-state index contributed by atoms with van der Waals surface area (Å²) in [5.41, 5.74) is 2.10. The molecule has 3 aromatic rings. The second-order valence-electron chi connectivity index (χ2n) is 6.62. The predicted molar refractivity (Wildman–Crippen MR) is 105 cm³/mol. The highest BCUT2D eigenvalue weighted by molar-refractivity contribution is 7.89. The van der Waals surface area contributed by atoms with E-state index in [1.807, 2.05) is 24.3 Å². The summed E-state index contributed by atoms with van der Waals surface area (Å²) in [4.78, 5) is 12.9. The minimum atomic E-state index is -3.71. The summed E-state index contributed by atoms with van der Waals surface area (Å²) in [6, 6.07) is 7.45. The molecule has 1 aliphatic rings. The van der Waals surface area contributed by atoms with Gasteiger partial charge in [0.05, 0.1) is 31.4 Å². The van der Waals surface area contributed by atoms with Gasteiger partial charge in [0, 0.05) is 44.3 Å². The predicted octanol–water partition coefficient (Wildman–Crippen LogP) is 1.65. The molecule has 1 saturated heterocycles. The van der Waals surface area contributed by atoms with Crippen molar-refractivity contribution in [2.24, 2.45) is 7.05 Å². The minimum Gasteiger partial charge on any atom is -0.497 e. The van der Waals surface area contributed by atoms with Crippen LogP contribution in [0.25, 0.3) is 11.3 Å². The van der Waals surface area contributed by atoms with Gasteiger partial charge in [-0.3, -0.25) is 9.97 Å². The van der Waals surface area contributed by atoms with E-state index in [4.69, 9.17) is 9.47 Å². The molecular formula is C19H21N5O4S. The van der Waals surface area contributed by atoms with Gasteiger partial charge < -0.3 is 14.0 Å². The van der Waals surface area contributed by atoms with Gasteiger partial charge in [0.15, 0.2) is 5.03 Å². The van der Waals surface area contributed by atoms with Crippen LogP contribution in [0, 0.1) is 0 Å². The number of ether oxygens (including phenoxy) is 2. The zero-order chi connectivity index (χ0) is 20.4. The van der Waals surface area contributed by atoms with Crippen molar-refractivity contribution >= 4 is 10.0 Å². The van der Waals surface area contributed by atoms with E-state index < -0.39 is 16.1 Å². The molecule has 1 fully saturated rings. The Labute approximate surface area is 169 Å². The number of hydrogen-bond acceptors (Lipinski definition) is 7. The SMILES string of the molecule is COc1ccc(-c2nccnc2[C@H]2CN(S(=O)(=O)c3cn(C)cn3)CCO2)cc1. The van der Waals surface area contributed by atoms with E-state index in [0.29, 0.717) is 11.4 Å². The Morgan fingerprint density at radius 1 is 1.14 bits per heavy atom. The number of hydrogen-bond donors (Lipinski definition) is 0. The van der Waals surface area contributed by atoms with E-state index in [0.717, 1.165) is 11.3 Å². The third-order valence-electron chi connectivity index (χ3n) is 4.71. The molecule has 2 aromatic heterocycles. The summed E-state index contributed by atoms with van der Waals surface area (Å²) < 4.78 is 40.0.